The molecule has 136 valence electrons. The van der Waals surface area contributed by atoms with Gasteiger partial charge in [-0.2, -0.15) is 0 Å². The first-order valence-corrected chi connectivity index (χ1v) is 9.38. The van der Waals surface area contributed by atoms with Gasteiger partial charge in [-0.15, -0.1) is 0 Å². The summed E-state index contributed by atoms with van der Waals surface area (Å²) >= 11 is 3.44. The number of hydrogen-bond acceptors (Lipinski definition) is 4. The van der Waals surface area contributed by atoms with Gasteiger partial charge in [-0.1, -0.05) is 59.3 Å². The molecular weight excluding hydrogens is 396 g/mol. The van der Waals surface area contributed by atoms with Crippen molar-refractivity contribution in [1.82, 2.24) is 4.90 Å². The fourth-order valence-corrected chi connectivity index (χ4v) is 3.64. The third kappa shape index (κ3) is 3.81. The number of aryl methyl sites for hydroxylation is 1. The van der Waals surface area contributed by atoms with Crippen molar-refractivity contribution >= 4 is 27.9 Å². The van der Waals surface area contributed by atoms with Crippen LogP contribution in [-0.2, 0) is 22.4 Å². The highest BCUT2D eigenvalue weighted by molar-refractivity contribution is 9.10. The van der Waals surface area contributed by atoms with E-state index in [1.165, 1.54) is 4.90 Å². The molecule has 0 unspecified atom stereocenters. The monoisotopic (exact) mass is 416 g/mol. The second-order valence-electron chi connectivity index (χ2n) is 6.30. The largest absolute Gasteiger partial charge is 0.447 e. The van der Waals surface area contributed by atoms with Crippen molar-refractivity contribution in [2.24, 2.45) is 5.73 Å². The van der Waals surface area contributed by atoms with Gasteiger partial charge < -0.3 is 10.5 Å². The summed E-state index contributed by atoms with van der Waals surface area (Å²) in [4.78, 5) is 26.4. The van der Waals surface area contributed by atoms with Crippen molar-refractivity contribution in [2.75, 3.05) is 6.61 Å². The molecular formula is C20H21BrN2O3. The number of hydrogen-bond donors (Lipinski definition) is 1. The summed E-state index contributed by atoms with van der Waals surface area (Å²) in [5, 5.41) is 0. The SMILES string of the molecule is CCc1cc(Br)ccc1[C@@H](N)C(=O)N1C(=O)OC[C@H]1Cc1ccccc1. The number of carbonyl (C=O) groups is 2. The zero-order valence-corrected chi connectivity index (χ0v) is 16.1. The molecule has 0 spiro atoms. The first-order chi connectivity index (χ1) is 12.5. The zero-order chi connectivity index (χ0) is 18.7. The van der Waals surface area contributed by atoms with Crippen molar-refractivity contribution in [3.63, 3.8) is 0 Å². The molecule has 0 radical (unpaired) electrons. The predicted molar refractivity (Wildman–Crippen MR) is 103 cm³/mol. The van der Waals surface area contributed by atoms with Crippen LogP contribution in [-0.4, -0.2) is 29.5 Å². The lowest BCUT2D eigenvalue weighted by Gasteiger charge is -2.24. The first-order valence-electron chi connectivity index (χ1n) is 8.59. The van der Waals surface area contributed by atoms with Crippen molar-refractivity contribution in [2.45, 2.75) is 31.8 Å². The summed E-state index contributed by atoms with van der Waals surface area (Å²) in [6.07, 6.45) is 0.668. The molecule has 1 heterocycles. The minimum atomic E-state index is -0.901. The third-order valence-corrected chi connectivity index (χ3v) is 5.09. The molecule has 1 aliphatic heterocycles. The Balaban J connectivity index is 1.83. The number of nitrogens with zero attached hydrogens (tertiary/aromatic N) is 1. The topological polar surface area (TPSA) is 72.6 Å². The van der Waals surface area contributed by atoms with Gasteiger partial charge in [0.2, 0.25) is 0 Å². The molecule has 0 saturated carbocycles. The maximum Gasteiger partial charge on any atom is 0.417 e. The van der Waals surface area contributed by atoms with Crippen LogP contribution >= 0.6 is 15.9 Å². The maximum absolute atomic E-state index is 13.0. The van der Waals surface area contributed by atoms with Gasteiger partial charge in [0.25, 0.3) is 5.91 Å². The van der Waals surface area contributed by atoms with Gasteiger partial charge in [0.1, 0.15) is 12.6 Å². The minimum absolute atomic E-state index is 0.188. The van der Waals surface area contributed by atoms with E-state index in [-0.39, 0.29) is 12.6 Å². The zero-order valence-electron chi connectivity index (χ0n) is 14.5. The Hall–Kier alpha value is -2.18. The summed E-state index contributed by atoms with van der Waals surface area (Å²) in [5.41, 5.74) is 9.00. The Morgan fingerprint density at radius 3 is 2.73 bits per heavy atom. The van der Waals surface area contributed by atoms with Crippen LogP contribution in [0.2, 0.25) is 0 Å². The fourth-order valence-electron chi connectivity index (χ4n) is 3.23. The molecule has 2 atom stereocenters. The molecule has 3 rings (SSSR count). The molecule has 2 N–H and O–H groups in total. The number of cyclic esters (lactones) is 1. The molecule has 26 heavy (non-hydrogen) atoms. The van der Waals surface area contributed by atoms with E-state index < -0.39 is 18.0 Å². The van der Waals surface area contributed by atoms with Gasteiger partial charge >= 0.3 is 6.09 Å². The Kier molecular flexibility index (Phi) is 5.74. The van der Waals surface area contributed by atoms with Gasteiger partial charge in [0, 0.05) is 4.47 Å². The second kappa shape index (κ2) is 8.01. The van der Waals surface area contributed by atoms with Crippen LogP contribution in [0.4, 0.5) is 4.79 Å². The normalized spacial score (nSPS) is 17.9. The predicted octanol–water partition coefficient (Wildman–Crippen LogP) is 3.60. The lowest BCUT2D eigenvalue weighted by molar-refractivity contribution is -0.130. The molecule has 5 nitrogen and oxygen atoms in total. The quantitative estimate of drug-likeness (QED) is 0.807. The molecule has 0 aromatic heterocycles. The second-order valence-corrected chi connectivity index (χ2v) is 7.22. The number of amides is 2. The summed E-state index contributed by atoms with van der Waals surface area (Å²) in [6, 6.07) is 14.1. The average Bonchev–Trinajstić information content (AvgIpc) is 3.01. The summed E-state index contributed by atoms with van der Waals surface area (Å²) < 4.78 is 6.07. The number of ether oxygens (including phenoxy) is 1. The molecule has 2 amide bonds. The van der Waals surface area contributed by atoms with Crippen molar-refractivity contribution in [3.05, 3.63) is 69.7 Å². The highest BCUT2D eigenvalue weighted by Gasteiger charge is 2.40. The first kappa shape index (κ1) is 18.6. The Morgan fingerprint density at radius 1 is 1.31 bits per heavy atom. The highest BCUT2D eigenvalue weighted by atomic mass is 79.9. The van der Waals surface area contributed by atoms with Crippen LogP contribution < -0.4 is 5.73 Å². The number of carbonyl (C=O) groups excluding carboxylic acids is 2. The summed E-state index contributed by atoms with van der Waals surface area (Å²) in [5.74, 6) is -0.426. The lowest BCUT2D eigenvalue weighted by Crippen LogP contribution is -2.45. The number of rotatable bonds is 5. The number of benzene rings is 2. The molecule has 0 aliphatic carbocycles. The third-order valence-electron chi connectivity index (χ3n) is 4.60. The van der Waals surface area contributed by atoms with E-state index in [0.717, 1.165) is 27.6 Å². The van der Waals surface area contributed by atoms with Gasteiger partial charge in [-0.3, -0.25) is 4.79 Å². The van der Waals surface area contributed by atoms with Crippen LogP contribution in [0.25, 0.3) is 0 Å². The van der Waals surface area contributed by atoms with Gasteiger partial charge in [-0.25, -0.2) is 9.69 Å². The maximum atomic E-state index is 13.0. The number of imide groups is 1. The van der Waals surface area contributed by atoms with Crippen LogP contribution in [0.3, 0.4) is 0 Å². The van der Waals surface area contributed by atoms with E-state index in [0.29, 0.717) is 6.42 Å². The van der Waals surface area contributed by atoms with E-state index in [1.54, 1.807) is 0 Å². The Morgan fingerprint density at radius 2 is 2.04 bits per heavy atom. The van der Waals surface area contributed by atoms with E-state index in [2.05, 4.69) is 15.9 Å². The lowest BCUT2D eigenvalue weighted by atomic mass is 9.97. The number of halogens is 1. The van der Waals surface area contributed by atoms with Crippen molar-refractivity contribution < 1.29 is 14.3 Å². The molecule has 1 fully saturated rings. The molecule has 2 aromatic carbocycles. The summed E-state index contributed by atoms with van der Waals surface area (Å²) in [7, 11) is 0. The Labute approximate surface area is 161 Å². The fraction of sp³-hybridized carbons (Fsp3) is 0.300. The molecule has 6 heteroatoms. The Bertz CT molecular complexity index is 810. The minimum Gasteiger partial charge on any atom is -0.447 e. The van der Waals surface area contributed by atoms with Crippen LogP contribution in [0, 0.1) is 0 Å². The molecule has 0 bridgehead atoms. The number of nitrogens with two attached hydrogens (primary N) is 1. The van der Waals surface area contributed by atoms with Crippen molar-refractivity contribution in [1.29, 1.82) is 0 Å². The summed E-state index contributed by atoms with van der Waals surface area (Å²) in [6.45, 7) is 2.19. The highest BCUT2D eigenvalue weighted by Crippen LogP contribution is 2.26. The standard InChI is InChI=1S/C20H21BrN2O3/c1-2-14-11-15(21)8-9-17(14)18(22)19(24)23-16(12-26-20(23)25)10-13-6-4-3-5-7-13/h3-9,11,16,18H,2,10,12,22H2,1H3/t16-,18-/m1/s1. The van der Waals surface area contributed by atoms with E-state index in [9.17, 15) is 9.59 Å². The van der Waals surface area contributed by atoms with Crippen LogP contribution in [0.1, 0.15) is 29.7 Å². The van der Waals surface area contributed by atoms with Gasteiger partial charge in [0.05, 0.1) is 6.04 Å². The smallest absolute Gasteiger partial charge is 0.417 e. The van der Waals surface area contributed by atoms with Crippen LogP contribution in [0.15, 0.2) is 53.0 Å². The molecule has 1 aliphatic rings. The average molecular weight is 417 g/mol. The van der Waals surface area contributed by atoms with Crippen LogP contribution in [0.5, 0.6) is 0 Å². The molecule has 2 aromatic rings. The van der Waals surface area contributed by atoms with E-state index in [1.807, 2.05) is 55.5 Å². The van der Waals surface area contributed by atoms with Gasteiger partial charge in [0.15, 0.2) is 0 Å². The van der Waals surface area contributed by atoms with E-state index >= 15 is 0 Å². The van der Waals surface area contributed by atoms with Crippen molar-refractivity contribution in [3.8, 4) is 0 Å². The van der Waals surface area contributed by atoms with Gasteiger partial charge in [-0.05, 0) is 41.7 Å². The molecule has 1 saturated heterocycles. The van der Waals surface area contributed by atoms with E-state index in [4.69, 9.17) is 10.5 Å².